The molecular formula is C11H17NO3. The number of carbonyl (C=O) groups excluding carboxylic acids is 2. The molecular weight excluding hydrogens is 194 g/mol. The topological polar surface area (TPSA) is 55.4 Å². The minimum atomic E-state index is -0.486. The molecule has 15 heavy (non-hydrogen) atoms. The molecule has 0 bridgehead atoms. The molecule has 2 fully saturated rings. The van der Waals surface area contributed by atoms with Crippen LogP contribution in [-0.4, -0.2) is 24.0 Å². The van der Waals surface area contributed by atoms with Crippen molar-refractivity contribution in [3.8, 4) is 0 Å². The Morgan fingerprint density at radius 2 is 2.20 bits per heavy atom. The fraction of sp³-hybridized carbons (Fsp3) is 0.818. The Hall–Kier alpha value is -0.900. The average Bonchev–Trinajstić information content (AvgIpc) is 2.41. The Kier molecular flexibility index (Phi) is 2.34. The molecule has 0 radical (unpaired) electrons. The fourth-order valence-corrected chi connectivity index (χ4v) is 2.61. The van der Waals surface area contributed by atoms with Crippen molar-refractivity contribution >= 4 is 11.8 Å². The van der Waals surface area contributed by atoms with Gasteiger partial charge in [0.2, 0.25) is 11.8 Å². The molecule has 0 aromatic rings. The molecule has 1 N–H and O–H groups in total. The van der Waals surface area contributed by atoms with E-state index in [1.165, 1.54) is 0 Å². The number of carbonyl (C=O) groups is 2. The summed E-state index contributed by atoms with van der Waals surface area (Å²) in [6.45, 7) is 4.64. The summed E-state index contributed by atoms with van der Waals surface area (Å²) in [5.74, 6) is -0.240. The van der Waals surface area contributed by atoms with Gasteiger partial charge in [-0.1, -0.05) is 6.92 Å². The first-order chi connectivity index (χ1) is 7.00. The molecule has 1 spiro atoms. The standard InChI is InChI=1S/C11H17NO3/c1-3-10(2)7-11(4-5-15-10)6-8(13)12-9(11)14/h3-7H2,1-2H3,(H,12,13,14). The molecule has 0 saturated carbocycles. The van der Waals surface area contributed by atoms with Gasteiger partial charge in [-0.3, -0.25) is 14.9 Å². The lowest BCUT2D eigenvalue weighted by Gasteiger charge is -2.42. The van der Waals surface area contributed by atoms with Gasteiger partial charge in [0.25, 0.3) is 0 Å². The maximum absolute atomic E-state index is 11.8. The zero-order chi connectivity index (χ0) is 11.1. The third-order valence-corrected chi connectivity index (χ3v) is 3.72. The summed E-state index contributed by atoms with van der Waals surface area (Å²) in [5, 5.41) is 2.41. The second-order valence-electron chi connectivity index (χ2n) is 4.91. The number of hydrogen-bond donors (Lipinski definition) is 1. The minimum Gasteiger partial charge on any atom is -0.375 e. The minimum absolute atomic E-state index is 0.101. The summed E-state index contributed by atoms with van der Waals surface area (Å²) < 4.78 is 5.69. The molecule has 2 saturated heterocycles. The number of amides is 2. The molecule has 2 aliphatic rings. The van der Waals surface area contributed by atoms with E-state index in [1.54, 1.807) is 0 Å². The van der Waals surface area contributed by atoms with E-state index in [-0.39, 0.29) is 17.4 Å². The van der Waals surface area contributed by atoms with Gasteiger partial charge in [-0.05, 0) is 26.2 Å². The first kappa shape index (κ1) is 10.6. The van der Waals surface area contributed by atoms with Gasteiger partial charge in [-0.15, -0.1) is 0 Å². The molecule has 2 heterocycles. The van der Waals surface area contributed by atoms with Crippen LogP contribution in [0.4, 0.5) is 0 Å². The number of imide groups is 1. The lowest BCUT2D eigenvalue weighted by Crippen LogP contribution is -2.46. The van der Waals surface area contributed by atoms with Gasteiger partial charge in [0.1, 0.15) is 0 Å². The van der Waals surface area contributed by atoms with Crippen LogP contribution in [0.3, 0.4) is 0 Å². The highest BCUT2D eigenvalue weighted by molar-refractivity contribution is 6.05. The van der Waals surface area contributed by atoms with Crippen LogP contribution in [0.25, 0.3) is 0 Å². The van der Waals surface area contributed by atoms with Gasteiger partial charge in [0.05, 0.1) is 11.0 Å². The summed E-state index contributed by atoms with van der Waals surface area (Å²) in [5.41, 5.74) is -0.736. The quantitative estimate of drug-likeness (QED) is 0.658. The van der Waals surface area contributed by atoms with Crippen LogP contribution in [0, 0.1) is 5.41 Å². The number of nitrogens with one attached hydrogen (secondary N) is 1. The van der Waals surface area contributed by atoms with Crippen LogP contribution < -0.4 is 5.32 Å². The Balaban J connectivity index is 2.22. The van der Waals surface area contributed by atoms with Gasteiger partial charge < -0.3 is 4.74 Å². The molecule has 0 aliphatic carbocycles. The molecule has 0 aromatic heterocycles. The third kappa shape index (κ3) is 1.67. The molecule has 2 amide bonds. The molecule has 2 rings (SSSR count). The predicted molar refractivity (Wildman–Crippen MR) is 54.1 cm³/mol. The van der Waals surface area contributed by atoms with E-state index in [4.69, 9.17) is 4.74 Å². The number of ether oxygens (including phenoxy) is 1. The summed E-state index contributed by atoms with van der Waals surface area (Å²) in [7, 11) is 0. The Morgan fingerprint density at radius 3 is 2.73 bits per heavy atom. The van der Waals surface area contributed by atoms with Crippen molar-refractivity contribution in [1.29, 1.82) is 0 Å². The van der Waals surface area contributed by atoms with E-state index in [2.05, 4.69) is 5.32 Å². The smallest absolute Gasteiger partial charge is 0.233 e. The molecule has 2 aliphatic heterocycles. The van der Waals surface area contributed by atoms with Crippen LogP contribution >= 0.6 is 0 Å². The summed E-state index contributed by atoms with van der Waals surface area (Å²) in [6.07, 6.45) is 2.54. The van der Waals surface area contributed by atoms with Crippen molar-refractivity contribution in [3.63, 3.8) is 0 Å². The summed E-state index contributed by atoms with van der Waals surface area (Å²) in [4.78, 5) is 23.0. The Labute approximate surface area is 89.4 Å². The Bertz CT molecular complexity index is 315. The van der Waals surface area contributed by atoms with Crippen LogP contribution in [-0.2, 0) is 14.3 Å². The highest BCUT2D eigenvalue weighted by atomic mass is 16.5. The second kappa shape index (κ2) is 3.30. The highest BCUT2D eigenvalue weighted by Crippen LogP contribution is 2.45. The lowest BCUT2D eigenvalue weighted by atomic mass is 9.71. The van der Waals surface area contributed by atoms with Gasteiger partial charge in [0, 0.05) is 13.0 Å². The molecule has 2 atom stereocenters. The predicted octanol–water partition coefficient (Wildman–Crippen LogP) is 0.998. The van der Waals surface area contributed by atoms with Gasteiger partial charge in [-0.2, -0.15) is 0 Å². The average molecular weight is 211 g/mol. The number of hydrogen-bond acceptors (Lipinski definition) is 3. The molecule has 4 heteroatoms. The van der Waals surface area contributed by atoms with Crippen molar-refractivity contribution in [3.05, 3.63) is 0 Å². The maximum atomic E-state index is 11.8. The van der Waals surface area contributed by atoms with E-state index in [9.17, 15) is 9.59 Å². The molecule has 2 unspecified atom stereocenters. The SMILES string of the molecule is CCC1(C)CC2(CCO1)CC(=O)NC2=O. The van der Waals surface area contributed by atoms with E-state index in [1.807, 2.05) is 13.8 Å². The van der Waals surface area contributed by atoms with Crippen LogP contribution in [0.2, 0.25) is 0 Å². The van der Waals surface area contributed by atoms with Gasteiger partial charge in [-0.25, -0.2) is 0 Å². The number of rotatable bonds is 1. The summed E-state index contributed by atoms with van der Waals surface area (Å²) in [6, 6.07) is 0. The van der Waals surface area contributed by atoms with Crippen molar-refractivity contribution in [2.45, 2.75) is 45.1 Å². The largest absolute Gasteiger partial charge is 0.375 e. The maximum Gasteiger partial charge on any atom is 0.233 e. The van der Waals surface area contributed by atoms with Gasteiger partial charge >= 0.3 is 0 Å². The highest BCUT2D eigenvalue weighted by Gasteiger charge is 2.52. The Morgan fingerprint density at radius 1 is 1.47 bits per heavy atom. The van der Waals surface area contributed by atoms with Crippen molar-refractivity contribution < 1.29 is 14.3 Å². The van der Waals surface area contributed by atoms with E-state index >= 15 is 0 Å². The van der Waals surface area contributed by atoms with Crippen LogP contribution in [0.5, 0.6) is 0 Å². The zero-order valence-electron chi connectivity index (χ0n) is 9.26. The van der Waals surface area contributed by atoms with Crippen molar-refractivity contribution in [2.75, 3.05) is 6.61 Å². The first-order valence-corrected chi connectivity index (χ1v) is 5.48. The van der Waals surface area contributed by atoms with Crippen LogP contribution in [0.1, 0.15) is 39.5 Å². The fourth-order valence-electron chi connectivity index (χ4n) is 2.61. The van der Waals surface area contributed by atoms with Crippen LogP contribution in [0.15, 0.2) is 0 Å². The molecule has 84 valence electrons. The van der Waals surface area contributed by atoms with E-state index in [0.717, 1.165) is 6.42 Å². The third-order valence-electron chi connectivity index (χ3n) is 3.72. The van der Waals surface area contributed by atoms with E-state index < -0.39 is 5.41 Å². The lowest BCUT2D eigenvalue weighted by molar-refractivity contribution is -0.148. The zero-order valence-corrected chi connectivity index (χ0v) is 9.26. The molecule has 4 nitrogen and oxygen atoms in total. The first-order valence-electron chi connectivity index (χ1n) is 5.48. The summed E-state index contributed by atoms with van der Waals surface area (Å²) >= 11 is 0. The molecule has 0 aromatic carbocycles. The van der Waals surface area contributed by atoms with Crippen molar-refractivity contribution in [2.24, 2.45) is 5.41 Å². The second-order valence-corrected chi connectivity index (χ2v) is 4.91. The van der Waals surface area contributed by atoms with Crippen molar-refractivity contribution in [1.82, 2.24) is 5.32 Å². The van der Waals surface area contributed by atoms with E-state index in [0.29, 0.717) is 25.9 Å². The normalized spacial score (nSPS) is 40.9. The van der Waals surface area contributed by atoms with Gasteiger partial charge in [0.15, 0.2) is 0 Å². The monoisotopic (exact) mass is 211 g/mol.